The second-order valence-corrected chi connectivity index (χ2v) is 6.70. The number of carbonyl (C=O) groups is 2. The summed E-state index contributed by atoms with van der Waals surface area (Å²) in [5.74, 6) is -1.52. The van der Waals surface area contributed by atoms with E-state index < -0.39 is 11.9 Å². The van der Waals surface area contributed by atoms with Crippen LogP contribution in [-0.4, -0.2) is 51.4 Å². The van der Waals surface area contributed by atoms with Crippen molar-refractivity contribution in [3.8, 4) is 5.69 Å². The number of nitrogens with one attached hydrogen (secondary N) is 1. The van der Waals surface area contributed by atoms with Crippen LogP contribution in [0.25, 0.3) is 5.69 Å². The monoisotopic (exact) mass is 358 g/mol. The van der Waals surface area contributed by atoms with Crippen LogP contribution in [0.2, 0.25) is 0 Å². The zero-order valence-electron chi connectivity index (χ0n) is 15.6. The van der Waals surface area contributed by atoms with Crippen LogP contribution in [0.1, 0.15) is 25.2 Å². The standard InChI is InChI=1S/C19H26N4O3/c1-13(18(24)25)12-22(4)19(26)20-14(2)10-17-11-15(3)21-23(17)16-8-6-5-7-9-16/h5-9,11,13-14H,10,12H2,1-4H3,(H,20,26)(H,24,25). The highest BCUT2D eigenvalue weighted by molar-refractivity contribution is 5.76. The lowest BCUT2D eigenvalue weighted by Gasteiger charge is -2.23. The second kappa shape index (κ2) is 8.51. The average Bonchev–Trinajstić information content (AvgIpc) is 2.95. The molecule has 0 bridgehead atoms. The zero-order chi connectivity index (χ0) is 19.3. The van der Waals surface area contributed by atoms with Crippen LogP contribution in [0.5, 0.6) is 0 Å². The number of carboxylic acid groups (broad SMARTS) is 1. The topological polar surface area (TPSA) is 87.5 Å². The normalized spacial score (nSPS) is 13.1. The third-order valence-electron chi connectivity index (χ3n) is 4.11. The molecule has 140 valence electrons. The van der Waals surface area contributed by atoms with Gasteiger partial charge < -0.3 is 15.3 Å². The van der Waals surface area contributed by atoms with Crippen molar-refractivity contribution >= 4 is 12.0 Å². The van der Waals surface area contributed by atoms with Crippen molar-refractivity contribution in [2.75, 3.05) is 13.6 Å². The Morgan fingerprint density at radius 2 is 1.92 bits per heavy atom. The molecule has 0 aliphatic carbocycles. The van der Waals surface area contributed by atoms with E-state index >= 15 is 0 Å². The van der Waals surface area contributed by atoms with Crippen molar-refractivity contribution in [1.29, 1.82) is 0 Å². The Bertz CT molecular complexity index is 757. The van der Waals surface area contributed by atoms with Crippen LogP contribution >= 0.6 is 0 Å². The van der Waals surface area contributed by atoms with Crippen LogP contribution in [0.15, 0.2) is 36.4 Å². The Labute approximate surface area is 153 Å². The lowest BCUT2D eigenvalue weighted by molar-refractivity contribution is -0.141. The van der Waals surface area contributed by atoms with Gasteiger partial charge in [0.15, 0.2) is 0 Å². The highest BCUT2D eigenvalue weighted by atomic mass is 16.4. The molecule has 2 N–H and O–H groups in total. The lowest BCUT2D eigenvalue weighted by atomic mass is 10.1. The first-order valence-corrected chi connectivity index (χ1v) is 8.63. The van der Waals surface area contributed by atoms with Gasteiger partial charge >= 0.3 is 12.0 Å². The highest BCUT2D eigenvalue weighted by Gasteiger charge is 2.19. The molecule has 1 aromatic heterocycles. The summed E-state index contributed by atoms with van der Waals surface area (Å²) in [5.41, 5.74) is 2.89. The van der Waals surface area contributed by atoms with Gasteiger partial charge in [-0.15, -0.1) is 0 Å². The highest BCUT2D eigenvalue weighted by Crippen LogP contribution is 2.14. The molecular weight excluding hydrogens is 332 g/mol. The van der Waals surface area contributed by atoms with E-state index in [2.05, 4.69) is 10.4 Å². The van der Waals surface area contributed by atoms with E-state index in [-0.39, 0.29) is 18.6 Å². The maximum Gasteiger partial charge on any atom is 0.317 e. The first-order chi connectivity index (χ1) is 12.3. The summed E-state index contributed by atoms with van der Waals surface area (Å²) in [6, 6.07) is 11.4. The Kier molecular flexibility index (Phi) is 6.38. The van der Waals surface area contributed by atoms with Crippen LogP contribution in [-0.2, 0) is 11.2 Å². The van der Waals surface area contributed by atoms with E-state index in [1.54, 1.807) is 14.0 Å². The molecule has 0 aliphatic rings. The lowest BCUT2D eigenvalue weighted by Crippen LogP contribution is -2.45. The second-order valence-electron chi connectivity index (χ2n) is 6.70. The van der Waals surface area contributed by atoms with Crippen molar-refractivity contribution in [1.82, 2.24) is 20.0 Å². The van der Waals surface area contributed by atoms with E-state index in [4.69, 9.17) is 5.11 Å². The van der Waals surface area contributed by atoms with Crippen molar-refractivity contribution in [2.45, 2.75) is 33.2 Å². The molecule has 1 aromatic carbocycles. The molecule has 0 saturated carbocycles. The molecule has 26 heavy (non-hydrogen) atoms. The molecule has 2 aromatic rings. The Hall–Kier alpha value is -2.83. The summed E-state index contributed by atoms with van der Waals surface area (Å²) in [4.78, 5) is 24.6. The molecule has 2 atom stereocenters. The van der Waals surface area contributed by atoms with Gasteiger partial charge in [0.05, 0.1) is 17.3 Å². The summed E-state index contributed by atoms with van der Waals surface area (Å²) in [6.07, 6.45) is 0.615. The van der Waals surface area contributed by atoms with E-state index in [0.29, 0.717) is 6.42 Å². The quantitative estimate of drug-likeness (QED) is 0.796. The van der Waals surface area contributed by atoms with Gasteiger partial charge in [-0.25, -0.2) is 9.48 Å². The number of carboxylic acids is 1. The minimum absolute atomic E-state index is 0.122. The Morgan fingerprint density at radius 3 is 2.54 bits per heavy atom. The largest absolute Gasteiger partial charge is 0.481 e. The van der Waals surface area contributed by atoms with Gasteiger partial charge in [0, 0.05) is 31.7 Å². The number of amides is 2. The minimum atomic E-state index is -0.917. The third-order valence-corrected chi connectivity index (χ3v) is 4.11. The molecule has 2 rings (SSSR count). The smallest absolute Gasteiger partial charge is 0.317 e. The van der Waals surface area contributed by atoms with Gasteiger partial charge in [-0.05, 0) is 32.0 Å². The van der Waals surface area contributed by atoms with Crippen molar-refractivity contribution in [3.05, 3.63) is 47.8 Å². The molecule has 7 nitrogen and oxygen atoms in total. The van der Waals surface area contributed by atoms with Crippen molar-refractivity contribution in [2.24, 2.45) is 5.92 Å². The van der Waals surface area contributed by atoms with Gasteiger partial charge in [-0.3, -0.25) is 4.79 Å². The van der Waals surface area contributed by atoms with Gasteiger partial charge in [0.25, 0.3) is 0 Å². The number of aryl methyl sites for hydroxylation is 1. The van der Waals surface area contributed by atoms with E-state index in [1.807, 2.05) is 54.9 Å². The predicted octanol–water partition coefficient (Wildman–Crippen LogP) is 2.47. The van der Waals surface area contributed by atoms with Crippen LogP contribution < -0.4 is 5.32 Å². The van der Waals surface area contributed by atoms with E-state index in [0.717, 1.165) is 17.1 Å². The first-order valence-electron chi connectivity index (χ1n) is 8.63. The van der Waals surface area contributed by atoms with Gasteiger partial charge in [-0.2, -0.15) is 5.10 Å². The fourth-order valence-electron chi connectivity index (χ4n) is 2.75. The number of nitrogens with zero attached hydrogens (tertiary/aromatic N) is 3. The van der Waals surface area contributed by atoms with Crippen molar-refractivity contribution in [3.63, 3.8) is 0 Å². The van der Waals surface area contributed by atoms with E-state index in [9.17, 15) is 9.59 Å². The fourth-order valence-corrected chi connectivity index (χ4v) is 2.75. The Morgan fingerprint density at radius 1 is 1.27 bits per heavy atom. The molecule has 0 radical (unpaired) electrons. The van der Waals surface area contributed by atoms with E-state index in [1.165, 1.54) is 4.90 Å². The van der Waals surface area contributed by atoms with Crippen LogP contribution in [0, 0.1) is 12.8 Å². The summed E-state index contributed by atoms with van der Waals surface area (Å²) >= 11 is 0. The van der Waals surface area contributed by atoms with Gasteiger partial charge in [0.2, 0.25) is 0 Å². The number of urea groups is 1. The van der Waals surface area contributed by atoms with Crippen molar-refractivity contribution < 1.29 is 14.7 Å². The molecule has 0 spiro atoms. The summed E-state index contributed by atoms with van der Waals surface area (Å²) in [7, 11) is 1.60. The number of hydrogen-bond donors (Lipinski definition) is 2. The molecule has 0 fully saturated rings. The fraction of sp³-hybridized carbons (Fsp3) is 0.421. The zero-order valence-corrected chi connectivity index (χ0v) is 15.6. The summed E-state index contributed by atoms with van der Waals surface area (Å²) < 4.78 is 1.88. The molecule has 2 unspecified atom stereocenters. The van der Waals surface area contributed by atoms with Crippen LogP contribution in [0.4, 0.5) is 4.79 Å². The first kappa shape index (κ1) is 19.5. The third kappa shape index (κ3) is 5.08. The number of rotatable bonds is 7. The number of hydrogen-bond acceptors (Lipinski definition) is 3. The molecule has 0 aliphatic heterocycles. The molecule has 0 saturated heterocycles. The minimum Gasteiger partial charge on any atom is -0.481 e. The molecule has 1 heterocycles. The number of carbonyl (C=O) groups excluding carboxylic acids is 1. The maximum absolute atomic E-state index is 12.3. The average molecular weight is 358 g/mol. The van der Waals surface area contributed by atoms with Gasteiger partial charge in [0.1, 0.15) is 0 Å². The summed E-state index contributed by atoms with van der Waals surface area (Å²) in [6.45, 7) is 5.60. The Balaban J connectivity index is 2.01. The number of aromatic nitrogens is 2. The summed E-state index contributed by atoms with van der Waals surface area (Å²) in [5, 5.41) is 16.4. The molecular formula is C19H26N4O3. The number of para-hydroxylation sites is 1. The maximum atomic E-state index is 12.3. The number of benzene rings is 1. The van der Waals surface area contributed by atoms with Gasteiger partial charge in [-0.1, -0.05) is 25.1 Å². The molecule has 7 heteroatoms. The molecule has 2 amide bonds. The van der Waals surface area contributed by atoms with Crippen LogP contribution in [0.3, 0.4) is 0 Å². The number of aliphatic carboxylic acids is 1. The predicted molar refractivity (Wildman–Crippen MR) is 99.4 cm³/mol. The SMILES string of the molecule is Cc1cc(CC(C)NC(=O)N(C)CC(C)C(=O)O)n(-c2ccccc2)n1.